The topological polar surface area (TPSA) is 75.6 Å². The molecule has 27 heavy (non-hydrogen) atoms. The molecule has 0 aromatic carbocycles. The van der Waals surface area contributed by atoms with E-state index in [-0.39, 0.29) is 5.91 Å². The van der Waals surface area contributed by atoms with Gasteiger partial charge in [-0.3, -0.25) is 4.79 Å². The molecule has 2 fully saturated rings. The van der Waals surface area contributed by atoms with Gasteiger partial charge in [-0.15, -0.1) is 0 Å². The average Bonchev–Trinajstić information content (AvgIpc) is 3.41. The van der Waals surface area contributed by atoms with Crippen LogP contribution in [0.15, 0.2) is 27.3 Å². The maximum absolute atomic E-state index is 12.6. The number of nitrogens with zero attached hydrogens (tertiary/aromatic N) is 4. The Hall–Kier alpha value is -2.15. The number of aromatic nitrogens is 2. The third kappa shape index (κ3) is 3.78. The van der Waals surface area contributed by atoms with E-state index in [9.17, 15) is 4.79 Å². The van der Waals surface area contributed by atoms with E-state index in [4.69, 9.17) is 8.94 Å². The molecule has 146 valence electrons. The number of aryl methyl sites for hydroxylation is 1. The number of hydrogen-bond donors (Lipinski definition) is 0. The molecule has 2 unspecified atom stereocenters. The maximum Gasteiger partial charge on any atom is 0.238 e. The van der Waals surface area contributed by atoms with E-state index >= 15 is 0 Å². The minimum Gasteiger partial charge on any atom is -0.461 e. The first kappa shape index (κ1) is 18.2. The first-order chi connectivity index (χ1) is 13.0. The van der Waals surface area contributed by atoms with E-state index in [1.54, 1.807) is 18.4 Å². The van der Waals surface area contributed by atoms with Crippen LogP contribution >= 0.6 is 0 Å². The fourth-order valence-electron chi connectivity index (χ4n) is 4.75. The summed E-state index contributed by atoms with van der Waals surface area (Å²) in [5.41, 5.74) is 0. The van der Waals surface area contributed by atoms with Crippen molar-refractivity contribution in [3.8, 4) is 11.6 Å². The number of fused-ring (bicyclic) bond motifs is 1. The fourth-order valence-corrected chi connectivity index (χ4v) is 4.75. The van der Waals surface area contributed by atoms with E-state index in [0.717, 1.165) is 24.7 Å². The van der Waals surface area contributed by atoms with Crippen molar-refractivity contribution in [3.63, 3.8) is 0 Å². The smallest absolute Gasteiger partial charge is 0.238 e. The number of hydrogen-bond acceptors (Lipinski definition) is 6. The molecule has 0 aliphatic heterocycles. The van der Waals surface area contributed by atoms with Gasteiger partial charge in [0.2, 0.25) is 17.6 Å². The van der Waals surface area contributed by atoms with Crippen LogP contribution in [0.25, 0.3) is 11.6 Å². The lowest BCUT2D eigenvalue weighted by Gasteiger charge is -2.27. The second-order valence-electron chi connectivity index (χ2n) is 8.23. The summed E-state index contributed by atoms with van der Waals surface area (Å²) >= 11 is 0. The van der Waals surface area contributed by atoms with Gasteiger partial charge in [-0.2, -0.15) is 4.98 Å². The summed E-state index contributed by atoms with van der Waals surface area (Å²) in [6.07, 6.45) is 7.24. The Morgan fingerprint density at radius 1 is 1.15 bits per heavy atom. The molecule has 7 nitrogen and oxygen atoms in total. The zero-order chi connectivity index (χ0) is 19.0. The van der Waals surface area contributed by atoms with Gasteiger partial charge in [0.15, 0.2) is 5.76 Å². The first-order valence-corrected chi connectivity index (χ1v) is 9.79. The van der Waals surface area contributed by atoms with E-state index in [2.05, 4.69) is 29.1 Å². The molecule has 4 atom stereocenters. The van der Waals surface area contributed by atoms with Gasteiger partial charge in [0.05, 0.1) is 6.26 Å². The molecule has 2 heterocycles. The molecule has 0 spiro atoms. The number of carbonyl (C=O) groups is 1. The molecular formula is C20H28N4O3. The molecule has 0 radical (unpaired) electrons. The molecule has 2 aromatic rings. The van der Waals surface area contributed by atoms with Gasteiger partial charge in [-0.1, -0.05) is 5.16 Å². The van der Waals surface area contributed by atoms with Crippen LogP contribution in [0.5, 0.6) is 0 Å². The Morgan fingerprint density at radius 2 is 1.85 bits per heavy atom. The highest BCUT2D eigenvalue weighted by molar-refractivity contribution is 5.76. The van der Waals surface area contributed by atoms with Crippen LogP contribution in [0.2, 0.25) is 0 Å². The summed E-state index contributed by atoms with van der Waals surface area (Å²) in [4.78, 5) is 21.2. The van der Waals surface area contributed by atoms with Crippen molar-refractivity contribution in [2.24, 2.45) is 11.8 Å². The molecule has 2 aliphatic rings. The zero-order valence-corrected chi connectivity index (χ0v) is 16.3. The summed E-state index contributed by atoms with van der Waals surface area (Å²) < 4.78 is 10.5. The highest BCUT2D eigenvalue weighted by atomic mass is 16.5. The summed E-state index contributed by atoms with van der Waals surface area (Å²) in [6.45, 7) is 0. The third-order valence-electron chi connectivity index (χ3n) is 6.40. The van der Waals surface area contributed by atoms with Crippen molar-refractivity contribution in [3.05, 3.63) is 24.3 Å². The van der Waals surface area contributed by atoms with Crippen LogP contribution in [-0.4, -0.2) is 59.1 Å². The molecule has 2 aliphatic carbocycles. The van der Waals surface area contributed by atoms with Gasteiger partial charge in [0.25, 0.3) is 0 Å². The Balaban J connectivity index is 1.27. The fraction of sp³-hybridized carbons (Fsp3) is 0.650. The highest BCUT2D eigenvalue weighted by Gasteiger charge is 2.43. The van der Waals surface area contributed by atoms with E-state index in [1.807, 2.05) is 11.9 Å². The predicted molar refractivity (Wildman–Crippen MR) is 99.8 cm³/mol. The monoisotopic (exact) mass is 372 g/mol. The summed E-state index contributed by atoms with van der Waals surface area (Å²) in [5, 5.41) is 3.91. The Morgan fingerprint density at radius 3 is 2.48 bits per heavy atom. The molecule has 1 amide bonds. The lowest BCUT2D eigenvalue weighted by molar-refractivity contribution is -0.132. The van der Waals surface area contributed by atoms with Crippen molar-refractivity contribution in [1.29, 1.82) is 0 Å². The van der Waals surface area contributed by atoms with Crippen molar-refractivity contribution < 1.29 is 13.7 Å². The zero-order valence-electron chi connectivity index (χ0n) is 16.3. The number of amides is 1. The SMILES string of the molecule is CN(C)C1C[C@@H]2CC(N(C)C(=O)CCc3nc(-c4ccco4)no3)C[C@@H]2C1. The van der Waals surface area contributed by atoms with Crippen LogP contribution in [0.1, 0.15) is 38.0 Å². The highest BCUT2D eigenvalue weighted by Crippen LogP contribution is 2.46. The van der Waals surface area contributed by atoms with Gasteiger partial charge >= 0.3 is 0 Å². The van der Waals surface area contributed by atoms with Gasteiger partial charge < -0.3 is 18.7 Å². The predicted octanol–water partition coefficient (Wildman–Crippen LogP) is 2.84. The van der Waals surface area contributed by atoms with Crippen molar-refractivity contribution >= 4 is 5.91 Å². The Labute approximate surface area is 159 Å². The molecule has 7 heteroatoms. The quantitative estimate of drug-likeness (QED) is 0.776. The number of furan rings is 1. The summed E-state index contributed by atoms with van der Waals surface area (Å²) in [6, 6.07) is 4.65. The molecule has 4 rings (SSSR count). The van der Waals surface area contributed by atoms with Gasteiger partial charge in [-0.25, -0.2) is 0 Å². The van der Waals surface area contributed by atoms with Crippen LogP contribution < -0.4 is 0 Å². The van der Waals surface area contributed by atoms with Crippen molar-refractivity contribution in [1.82, 2.24) is 19.9 Å². The van der Waals surface area contributed by atoms with Gasteiger partial charge in [-0.05, 0) is 63.7 Å². The van der Waals surface area contributed by atoms with E-state index < -0.39 is 0 Å². The molecular weight excluding hydrogens is 344 g/mol. The van der Waals surface area contributed by atoms with Gasteiger partial charge in [0, 0.05) is 32.0 Å². The summed E-state index contributed by atoms with van der Waals surface area (Å²) in [7, 11) is 6.29. The maximum atomic E-state index is 12.6. The minimum absolute atomic E-state index is 0.155. The Bertz CT molecular complexity index is 756. The Kier molecular flexibility index (Phi) is 5.04. The molecule has 0 N–H and O–H groups in total. The summed E-state index contributed by atoms with van der Waals surface area (Å²) in [5.74, 6) is 3.16. The van der Waals surface area contributed by atoms with E-state index in [0.29, 0.717) is 42.4 Å². The molecule has 0 saturated heterocycles. The number of rotatable bonds is 6. The van der Waals surface area contributed by atoms with Crippen molar-refractivity contribution in [2.45, 2.75) is 50.6 Å². The number of carbonyl (C=O) groups excluding carboxylic acids is 1. The van der Waals surface area contributed by atoms with Crippen LogP contribution in [0, 0.1) is 11.8 Å². The lowest BCUT2D eigenvalue weighted by atomic mass is 10.0. The second kappa shape index (κ2) is 7.46. The van der Waals surface area contributed by atoms with Gasteiger partial charge in [0.1, 0.15) is 0 Å². The third-order valence-corrected chi connectivity index (χ3v) is 6.40. The molecule has 0 bridgehead atoms. The van der Waals surface area contributed by atoms with Crippen LogP contribution in [-0.2, 0) is 11.2 Å². The van der Waals surface area contributed by atoms with Crippen LogP contribution in [0.4, 0.5) is 0 Å². The normalized spacial score (nSPS) is 27.3. The largest absolute Gasteiger partial charge is 0.461 e. The lowest BCUT2D eigenvalue weighted by Crippen LogP contribution is -2.36. The second-order valence-corrected chi connectivity index (χ2v) is 8.23. The van der Waals surface area contributed by atoms with E-state index in [1.165, 1.54) is 12.8 Å². The minimum atomic E-state index is 0.155. The molecule has 2 saturated carbocycles. The molecule has 2 aromatic heterocycles. The van der Waals surface area contributed by atoms with Crippen molar-refractivity contribution in [2.75, 3.05) is 21.1 Å². The standard InChI is InChI=1S/C20H28N4O3/c1-23(2)15-9-13-11-16(12-14(13)10-15)24(3)19(25)7-6-18-21-20(22-27-18)17-5-4-8-26-17/h4-5,8,13-16H,6-7,9-12H2,1-3H3/t13-,14+,15?,16?. The first-order valence-electron chi connectivity index (χ1n) is 9.79. The average molecular weight is 372 g/mol. The van der Waals surface area contributed by atoms with Crippen LogP contribution in [0.3, 0.4) is 0 Å².